The molecule has 2 aromatic rings. The molecule has 5 heteroatoms. The van der Waals surface area contributed by atoms with Crippen LogP contribution < -0.4 is 5.73 Å². The van der Waals surface area contributed by atoms with E-state index in [2.05, 4.69) is 25.9 Å². The van der Waals surface area contributed by atoms with Crippen molar-refractivity contribution >= 4 is 21.7 Å². The van der Waals surface area contributed by atoms with Crippen molar-refractivity contribution in [3.8, 4) is 17.1 Å². The van der Waals surface area contributed by atoms with Gasteiger partial charge in [-0.15, -0.1) is 0 Å². The van der Waals surface area contributed by atoms with Crippen molar-refractivity contribution < 1.29 is 5.11 Å². The van der Waals surface area contributed by atoms with Crippen molar-refractivity contribution in [3.05, 3.63) is 34.4 Å². The quantitative estimate of drug-likeness (QED) is 0.894. The SMILES string of the molecule is Nc1nc(-c2cccc(O)c2)nc(C2CC2)c1Br. The van der Waals surface area contributed by atoms with Crippen LogP contribution in [0.4, 0.5) is 5.82 Å². The van der Waals surface area contributed by atoms with Crippen LogP contribution in [0.15, 0.2) is 28.7 Å². The van der Waals surface area contributed by atoms with E-state index in [4.69, 9.17) is 5.73 Å². The lowest BCUT2D eigenvalue weighted by Gasteiger charge is -2.08. The summed E-state index contributed by atoms with van der Waals surface area (Å²) in [7, 11) is 0. The summed E-state index contributed by atoms with van der Waals surface area (Å²) in [6.07, 6.45) is 2.29. The molecule has 0 saturated heterocycles. The van der Waals surface area contributed by atoms with Crippen LogP contribution in [0.2, 0.25) is 0 Å². The number of anilines is 1. The highest BCUT2D eigenvalue weighted by Gasteiger charge is 2.29. The molecule has 1 aromatic carbocycles. The Morgan fingerprint density at radius 3 is 2.72 bits per heavy atom. The molecule has 3 N–H and O–H groups in total. The zero-order chi connectivity index (χ0) is 12.7. The molecule has 0 bridgehead atoms. The molecule has 0 amide bonds. The number of aromatic nitrogens is 2. The van der Waals surface area contributed by atoms with Crippen LogP contribution in [0.5, 0.6) is 5.75 Å². The Labute approximate surface area is 113 Å². The number of phenolic OH excluding ortho intramolecular Hbond substituents is 1. The van der Waals surface area contributed by atoms with Crippen LogP contribution in [0.3, 0.4) is 0 Å². The summed E-state index contributed by atoms with van der Waals surface area (Å²) in [6.45, 7) is 0. The van der Waals surface area contributed by atoms with E-state index in [0.29, 0.717) is 17.6 Å². The van der Waals surface area contributed by atoms with E-state index in [1.807, 2.05) is 6.07 Å². The average molecular weight is 306 g/mol. The van der Waals surface area contributed by atoms with Gasteiger partial charge in [0.1, 0.15) is 11.6 Å². The van der Waals surface area contributed by atoms with Crippen molar-refractivity contribution in [2.45, 2.75) is 18.8 Å². The number of nitrogens with zero attached hydrogens (tertiary/aromatic N) is 2. The van der Waals surface area contributed by atoms with Crippen molar-refractivity contribution in [1.29, 1.82) is 0 Å². The Morgan fingerprint density at radius 2 is 2.06 bits per heavy atom. The molecule has 0 unspecified atom stereocenters. The molecule has 1 aromatic heterocycles. The number of halogens is 1. The number of nitrogens with two attached hydrogens (primary N) is 1. The fourth-order valence-corrected chi connectivity index (χ4v) is 2.38. The first kappa shape index (κ1) is 11.5. The topological polar surface area (TPSA) is 72.0 Å². The highest BCUT2D eigenvalue weighted by atomic mass is 79.9. The van der Waals surface area contributed by atoms with E-state index in [-0.39, 0.29) is 5.75 Å². The number of nitrogen functional groups attached to an aromatic ring is 1. The predicted molar refractivity (Wildman–Crippen MR) is 73.2 cm³/mol. The summed E-state index contributed by atoms with van der Waals surface area (Å²) in [5.74, 6) is 1.70. The zero-order valence-corrected chi connectivity index (χ0v) is 11.2. The third-order valence-electron chi connectivity index (χ3n) is 2.97. The van der Waals surface area contributed by atoms with Crippen molar-refractivity contribution in [1.82, 2.24) is 9.97 Å². The van der Waals surface area contributed by atoms with Gasteiger partial charge < -0.3 is 10.8 Å². The van der Waals surface area contributed by atoms with Crippen LogP contribution >= 0.6 is 15.9 Å². The van der Waals surface area contributed by atoms with Gasteiger partial charge in [0.25, 0.3) is 0 Å². The fourth-order valence-electron chi connectivity index (χ4n) is 1.88. The molecule has 1 aliphatic rings. The van der Waals surface area contributed by atoms with E-state index in [1.165, 1.54) is 0 Å². The lowest BCUT2D eigenvalue weighted by atomic mass is 10.2. The number of phenols is 1. The highest BCUT2D eigenvalue weighted by molar-refractivity contribution is 9.10. The van der Waals surface area contributed by atoms with Crippen LogP contribution in [0, 0.1) is 0 Å². The molecule has 92 valence electrons. The van der Waals surface area contributed by atoms with Gasteiger partial charge >= 0.3 is 0 Å². The molecule has 1 fully saturated rings. The first-order chi connectivity index (χ1) is 8.65. The molecule has 0 spiro atoms. The van der Waals surface area contributed by atoms with Crippen LogP contribution in [-0.4, -0.2) is 15.1 Å². The Balaban J connectivity index is 2.12. The van der Waals surface area contributed by atoms with Gasteiger partial charge in [-0.05, 0) is 40.9 Å². The van der Waals surface area contributed by atoms with Gasteiger partial charge in [-0.2, -0.15) is 0 Å². The van der Waals surface area contributed by atoms with E-state index in [0.717, 1.165) is 28.6 Å². The second-order valence-corrected chi connectivity index (χ2v) is 5.25. The lowest BCUT2D eigenvalue weighted by Crippen LogP contribution is -2.02. The van der Waals surface area contributed by atoms with Crippen molar-refractivity contribution in [2.24, 2.45) is 0 Å². The van der Waals surface area contributed by atoms with E-state index in [1.54, 1.807) is 18.2 Å². The van der Waals surface area contributed by atoms with Gasteiger partial charge in [-0.3, -0.25) is 0 Å². The molecule has 0 atom stereocenters. The van der Waals surface area contributed by atoms with Crippen molar-refractivity contribution in [3.63, 3.8) is 0 Å². The molecule has 4 nitrogen and oxygen atoms in total. The maximum atomic E-state index is 9.49. The highest BCUT2D eigenvalue weighted by Crippen LogP contribution is 2.44. The minimum atomic E-state index is 0.200. The first-order valence-corrected chi connectivity index (χ1v) is 6.57. The minimum Gasteiger partial charge on any atom is -0.508 e. The van der Waals surface area contributed by atoms with Crippen LogP contribution in [0.25, 0.3) is 11.4 Å². The third-order valence-corrected chi connectivity index (χ3v) is 3.78. The zero-order valence-electron chi connectivity index (χ0n) is 9.60. The molecule has 0 aliphatic heterocycles. The average Bonchev–Trinajstić information content (AvgIpc) is 3.16. The molecule has 1 aliphatic carbocycles. The number of benzene rings is 1. The van der Waals surface area contributed by atoms with Gasteiger partial charge in [0.2, 0.25) is 0 Å². The summed E-state index contributed by atoms with van der Waals surface area (Å²) < 4.78 is 0.800. The van der Waals surface area contributed by atoms with E-state index in [9.17, 15) is 5.11 Å². The normalized spacial score (nSPS) is 14.7. The number of rotatable bonds is 2. The van der Waals surface area contributed by atoms with Gasteiger partial charge in [0.15, 0.2) is 5.82 Å². The van der Waals surface area contributed by atoms with Gasteiger partial charge in [0.05, 0.1) is 10.2 Å². The number of aromatic hydroxyl groups is 1. The maximum absolute atomic E-state index is 9.49. The van der Waals surface area contributed by atoms with Crippen molar-refractivity contribution in [2.75, 3.05) is 5.73 Å². The Morgan fingerprint density at radius 1 is 1.28 bits per heavy atom. The Hall–Kier alpha value is -1.62. The third kappa shape index (κ3) is 2.06. The molecule has 18 heavy (non-hydrogen) atoms. The minimum absolute atomic E-state index is 0.200. The standard InChI is InChI=1S/C13H12BrN3O/c14-10-11(7-4-5-7)16-13(17-12(10)15)8-2-1-3-9(18)6-8/h1-3,6-7,18H,4-5H2,(H2,15,16,17). The first-order valence-electron chi connectivity index (χ1n) is 5.77. The number of hydrogen-bond acceptors (Lipinski definition) is 4. The monoisotopic (exact) mass is 305 g/mol. The largest absolute Gasteiger partial charge is 0.508 e. The molecule has 0 radical (unpaired) electrons. The van der Waals surface area contributed by atoms with Crippen LogP contribution in [0.1, 0.15) is 24.5 Å². The Kier molecular flexibility index (Phi) is 2.70. The van der Waals surface area contributed by atoms with E-state index >= 15 is 0 Å². The summed E-state index contributed by atoms with van der Waals surface area (Å²) in [4.78, 5) is 8.82. The van der Waals surface area contributed by atoms with Gasteiger partial charge in [0, 0.05) is 11.5 Å². The summed E-state index contributed by atoms with van der Waals surface area (Å²) in [6, 6.07) is 6.88. The summed E-state index contributed by atoms with van der Waals surface area (Å²) in [5, 5.41) is 9.49. The van der Waals surface area contributed by atoms with Gasteiger partial charge in [-0.25, -0.2) is 9.97 Å². The predicted octanol–water partition coefficient (Wildman–Crippen LogP) is 3.07. The molecule has 3 rings (SSSR count). The van der Waals surface area contributed by atoms with E-state index < -0.39 is 0 Å². The fraction of sp³-hybridized carbons (Fsp3) is 0.231. The lowest BCUT2D eigenvalue weighted by molar-refractivity contribution is 0.475. The second kappa shape index (κ2) is 4.24. The Bertz CT molecular complexity index is 611. The summed E-state index contributed by atoms with van der Waals surface area (Å²) in [5.41, 5.74) is 7.65. The van der Waals surface area contributed by atoms with Crippen LogP contribution in [-0.2, 0) is 0 Å². The number of hydrogen-bond donors (Lipinski definition) is 2. The molecule has 1 heterocycles. The molecular formula is C13H12BrN3O. The smallest absolute Gasteiger partial charge is 0.161 e. The van der Waals surface area contributed by atoms with Gasteiger partial charge in [-0.1, -0.05) is 12.1 Å². The second-order valence-electron chi connectivity index (χ2n) is 4.46. The molecule has 1 saturated carbocycles. The maximum Gasteiger partial charge on any atom is 0.161 e. The molecular weight excluding hydrogens is 294 g/mol. The summed E-state index contributed by atoms with van der Waals surface area (Å²) >= 11 is 3.44.